The second-order valence-electron chi connectivity index (χ2n) is 12.5. The zero-order valence-electron chi connectivity index (χ0n) is 27.3. The summed E-state index contributed by atoms with van der Waals surface area (Å²) < 4.78 is 8.68. The fourth-order valence-corrected chi connectivity index (χ4v) is 7.71. The second-order valence-corrected chi connectivity index (χ2v) is 12.5. The first-order valence-electron chi connectivity index (χ1n) is 16.5. The quantitative estimate of drug-likeness (QED) is 0.126. The molecule has 0 saturated heterocycles. The van der Waals surface area contributed by atoms with E-state index in [0.29, 0.717) is 0 Å². The van der Waals surface area contributed by atoms with E-state index in [-0.39, 0.29) is 20.1 Å². The molecule has 50 heavy (non-hydrogen) atoms. The van der Waals surface area contributed by atoms with Gasteiger partial charge in [-0.1, -0.05) is 72.4 Å². The number of nitrogens with zero attached hydrogens (tertiary/aromatic N) is 5. The number of para-hydroxylation sites is 5. The monoisotopic (exact) mass is 820 g/mol. The molecule has 4 aromatic heterocycles. The van der Waals surface area contributed by atoms with Crippen molar-refractivity contribution >= 4 is 70.9 Å². The number of imidazole rings is 2. The largest absolute Gasteiger partial charge is 3.00 e. The first-order valence-corrected chi connectivity index (χ1v) is 16.5. The molecule has 0 bridgehead atoms. The SMILES string of the molecule is C[n+]1[c-]n(-c2[c-]cccc2)c2ccccc21.Cn1c(-c2[c-]cccc2)nc2ccc3c(cc4c5ccccc5n5c6ccccc6c3c45)c21.[Ir+3]. The molecular weight excluding hydrogens is 791 g/mol. The van der Waals surface area contributed by atoms with Gasteiger partial charge in [0.25, 0.3) is 0 Å². The van der Waals surface area contributed by atoms with Gasteiger partial charge in [-0.3, -0.25) is 4.98 Å². The summed E-state index contributed by atoms with van der Waals surface area (Å²) in [6, 6.07) is 55.1. The number of benzene rings is 7. The molecule has 0 N–H and O–H groups in total. The van der Waals surface area contributed by atoms with Crippen LogP contribution in [0.25, 0.3) is 88.0 Å². The molecule has 0 amide bonds. The van der Waals surface area contributed by atoms with Crippen LogP contribution in [0, 0.1) is 18.5 Å². The molecule has 6 heteroatoms. The summed E-state index contributed by atoms with van der Waals surface area (Å²) in [6.45, 7) is 0. The molecule has 0 aliphatic carbocycles. The average molecular weight is 820 g/mol. The van der Waals surface area contributed by atoms with E-state index in [4.69, 9.17) is 4.98 Å². The van der Waals surface area contributed by atoms with Crippen LogP contribution in [-0.2, 0) is 34.2 Å². The molecule has 7 aromatic carbocycles. The Morgan fingerprint density at radius 2 is 1.26 bits per heavy atom. The second kappa shape index (κ2) is 11.7. The molecule has 0 unspecified atom stereocenters. The van der Waals surface area contributed by atoms with E-state index in [1.165, 1.54) is 59.9 Å². The van der Waals surface area contributed by atoms with Crippen molar-refractivity contribution in [1.82, 2.24) is 18.5 Å². The van der Waals surface area contributed by atoms with E-state index in [0.717, 1.165) is 28.1 Å². The molecule has 238 valence electrons. The van der Waals surface area contributed by atoms with Gasteiger partial charge in [0.15, 0.2) is 0 Å². The van der Waals surface area contributed by atoms with Crippen LogP contribution in [0.2, 0.25) is 0 Å². The number of rotatable bonds is 2. The predicted octanol–water partition coefficient (Wildman–Crippen LogP) is 9.40. The summed E-state index contributed by atoms with van der Waals surface area (Å²) in [7, 11) is 4.12. The van der Waals surface area contributed by atoms with Crippen LogP contribution >= 0.6 is 0 Å². The smallest absolute Gasteiger partial charge is 0.366 e. The zero-order chi connectivity index (χ0) is 32.6. The Kier molecular flexibility index (Phi) is 7.06. The molecular formula is C44H29IrN5+. The standard InChI is InChI=1S/C30H18N3.C14H11N2.Ir/c1-32-28-23-17-22-19-11-5-7-13-25(19)33-26-14-8-6-12-21(26)27(29(22)33)20(23)15-16-24(28)31-30(32)18-9-3-2-4-10-18;1-15-11-16(12-7-3-2-4-8-12)14-10-6-5-9-13(14)15;/h2-9,11-17H,1H3;2-7,9-10H,1H3;/q2*-1;+3. The summed E-state index contributed by atoms with van der Waals surface area (Å²) in [5, 5.41) is 7.73. The predicted molar refractivity (Wildman–Crippen MR) is 199 cm³/mol. The van der Waals surface area contributed by atoms with Gasteiger partial charge in [0.05, 0.1) is 51.5 Å². The van der Waals surface area contributed by atoms with E-state index >= 15 is 0 Å². The molecule has 0 radical (unpaired) electrons. The van der Waals surface area contributed by atoms with Crippen molar-refractivity contribution in [2.75, 3.05) is 0 Å². The molecule has 11 rings (SSSR count). The normalized spacial score (nSPS) is 11.6. The number of fused-ring (bicyclic) bond motifs is 11. The number of hydrogen-bond donors (Lipinski definition) is 0. The fraction of sp³-hybridized carbons (Fsp3) is 0.0455. The van der Waals surface area contributed by atoms with Gasteiger partial charge in [-0.2, -0.15) is 30.3 Å². The van der Waals surface area contributed by atoms with E-state index < -0.39 is 0 Å². The molecule has 0 fully saturated rings. The zero-order valence-corrected chi connectivity index (χ0v) is 29.7. The Morgan fingerprint density at radius 1 is 0.600 bits per heavy atom. The van der Waals surface area contributed by atoms with Crippen LogP contribution < -0.4 is 4.57 Å². The van der Waals surface area contributed by atoms with Crippen LogP contribution in [0.4, 0.5) is 0 Å². The van der Waals surface area contributed by atoms with Crippen molar-refractivity contribution in [2.24, 2.45) is 14.1 Å². The molecule has 0 saturated carbocycles. The summed E-state index contributed by atoms with van der Waals surface area (Å²) in [6.07, 6.45) is 3.27. The Hall–Kier alpha value is -5.81. The molecule has 5 nitrogen and oxygen atoms in total. The summed E-state index contributed by atoms with van der Waals surface area (Å²) >= 11 is 0. The molecule has 0 atom stereocenters. The van der Waals surface area contributed by atoms with Gasteiger partial charge in [0.2, 0.25) is 6.33 Å². The van der Waals surface area contributed by atoms with Crippen LogP contribution in [0.3, 0.4) is 0 Å². The van der Waals surface area contributed by atoms with Crippen LogP contribution in [0.5, 0.6) is 0 Å². The van der Waals surface area contributed by atoms with E-state index in [2.05, 4.69) is 119 Å². The van der Waals surface area contributed by atoms with Gasteiger partial charge < -0.3 is 18.1 Å². The van der Waals surface area contributed by atoms with E-state index in [9.17, 15) is 0 Å². The number of aromatic nitrogens is 5. The van der Waals surface area contributed by atoms with Crippen molar-refractivity contribution in [2.45, 2.75) is 0 Å². The Morgan fingerprint density at radius 3 is 2.02 bits per heavy atom. The summed E-state index contributed by atoms with van der Waals surface area (Å²) in [4.78, 5) is 5.00. The van der Waals surface area contributed by atoms with Gasteiger partial charge in [-0.15, -0.1) is 35.9 Å². The van der Waals surface area contributed by atoms with Crippen molar-refractivity contribution in [3.8, 4) is 17.1 Å². The number of aryl methyl sites for hydroxylation is 2. The molecule has 11 aromatic rings. The summed E-state index contributed by atoms with van der Waals surface area (Å²) in [5.41, 5.74) is 10.3. The minimum absolute atomic E-state index is 0. The Labute approximate surface area is 301 Å². The maximum atomic E-state index is 5.00. The van der Waals surface area contributed by atoms with Crippen molar-refractivity contribution in [3.63, 3.8) is 0 Å². The van der Waals surface area contributed by atoms with Gasteiger partial charge in [-0.25, -0.2) is 0 Å². The van der Waals surface area contributed by atoms with Gasteiger partial charge in [0.1, 0.15) is 0 Å². The fourth-order valence-electron chi connectivity index (χ4n) is 7.71. The number of hydrogen-bond acceptors (Lipinski definition) is 1. The topological polar surface area (TPSA) is 31.0 Å². The van der Waals surface area contributed by atoms with Crippen molar-refractivity contribution < 1.29 is 24.7 Å². The van der Waals surface area contributed by atoms with Gasteiger partial charge in [-0.05, 0) is 29.7 Å². The third kappa shape index (κ3) is 4.36. The van der Waals surface area contributed by atoms with Gasteiger partial charge in [0, 0.05) is 34.0 Å². The maximum Gasteiger partial charge on any atom is 3.00 e. The Bertz CT molecular complexity index is 3010. The first-order chi connectivity index (χ1) is 24.2. The van der Waals surface area contributed by atoms with Crippen LogP contribution in [0.1, 0.15) is 0 Å². The van der Waals surface area contributed by atoms with E-state index in [1.807, 2.05) is 70.8 Å². The minimum atomic E-state index is 0. The average Bonchev–Trinajstić information content (AvgIpc) is 3.89. The minimum Gasteiger partial charge on any atom is -0.366 e. The maximum absolute atomic E-state index is 5.00. The molecule has 0 aliphatic heterocycles. The Balaban J connectivity index is 0.000000167. The van der Waals surface area contributed by atoms with Crippen molar-refractivity contribution in [1.29, 1.82) is 0 Å². The van der Waals surface area contributed by atoms with Crippen LogP contribution in [0.15, 0.2) is 140 Å². The molecule has 0 spiro atoms. The summed E-state index contributed by atoms with van der Waals surface area (Å²) in [5.74, 6) is 0.942. The van der Waals surface area contributed by atoms with Gasteiger partial charge >= 0.3 is 20.1 Å². The molecule has 0 aliphatic rings. The van der Waals surface area contributed by atoms with Crippen LogP contribution in [-0.4, -0.2) is 18.5 Å². The van der Waals surface area contributed by atoms with E-state index in [1.54, 1.807) is 0 Å². The third-order valence-corrected chi connectivity index (χ3v) is 9.82. The van der Waals surface area contributed by atoms with Crippen molar-refractivity contribution in [3.05, 3.63) is 158 Å². The first kappa shape index (κ1) is 30.3. The molecule has 4 heterocycles. The third-order valence-electron chi connectivity index (χ3n) is 9.82.